The van der Waals surface area contributed by atoms with Crippen LogP contribution in [0.2, 0.25) is 0 Å². The van der Waals surface area contributed by atoms with Crippen LogP contribution in [-0.2, 0) is 6.54 Å². The Kier molecular flexibility index (Phi) is 5.56. The lowest BCUT2D eigenvalue weighted by Gasteiger charge is -2.31. The van der Waals surface area contributed by atoms with Crippen molar-refractivity contribution in [3.8, 4) is 0 Å². The standard InChI is InChI=1S/C13H23N3OS/c1-11-15-10-13(18-11)9-14-8-12-2-4-16(5-3-12)6-7-17/h10,12,14,17H,2-9H2,1H3. The minimum absolute atomic E-state index is 0.285. The van der Waals surface area contributed by atoms with Crippen molar-refractivity contribution in [1.82, 2.24) is 15.2 Å². The summed E-state index contributed by atoms with van der Waals surface area (Å²) in [6.45, 7) is 7.48. The number of piperidine rings is 1. The topological polar surface area (TPSA) is 48.4 Å². The van der Waals surface area contributed by atoms with Crippen molar-refractivity contribution >= 4 is 11.3 Å². The molecule has 5 heteroatoms. The predicted molar refractivity (Wildman–Crippen MR) is 74.8 cm³/mol. The fourth-order valence-electron chi connectivity index (χ4n) is 2.44. The molecule has 2 rings (SSSR count). The number of aromatic nitrogens is 1. The van der Waals surface area contributed by atoms with Crippen LogP contribution in [0.15, 0.2) is 6.20 Å². The van der Waals surface area contributed by atoms with Crippen LogP contribution in [-0.4, -0.2) is 47.8 Å². The zero-order chi connectivity index (χ0) is 12.8. The van der Waals surface area contributed by atoms with Crippen LogP contribution in [0.5, 0.6) is 0 Å². The second kappa shape index (κ2) is 7.19. The molecule has 0 atom stereocenters. The minimum atomic E-state index is 0.285. The Hall–Kier alpha value is -0.490. The summed E-state index contributed by atoms with van der Waals surface area (Å²) in [5, 5.41) is 13.6. The summed E-state index contributed by atoms with van der Waals surface area (Å²) in [7, 11) is 0. The summed E-state index contributed by atoms with van der Waals surface area (Å²) in [4.78, 5) is 7.94. The number of hydrogen-bond acceptors (Lipinski definition) is 5. The Morgan fingerprint density at radius 1 is 1.50 bits per heavy atom. The first-order chi connectivity index (χ1) is 8.78. The monoisotopic (exact) mass is 269 g/mol. The van der Waals surface area contributed by atoms with Crippen LogP contribution in [0.1, 0.15) is 22.7 Å². The predicted octanol–water partition coefficient (Wildman–Crippen LogP) is 1.25. The van der Waals surface area contributed by atoms with Gasteiger partial charge >= 0.3 is 0 Å². The molecular formula is C13H23N3OS. The van der Waals surface area contributed by atoms with E-state index in [-0.39, 0.29) is 6.61 Å². The number of nitrogens with one attached hydrogen (secondary N) is 1. The highest BCUT2D eigenvalue weighted by Crippen LogP contribution is 2.16. The van der Waals surface area contributed by atoms with Crippen molar-refractivity contribution in [1.29, 1.82) is 0 Å². The largest absolute Gasteiger partial charge is 0.395 e. The summed E-state index contributed by atoms with van der Waals surface area (Å²) in [6.07, 6.45) is 4.46. The molecule has 0 bridgehead atoms. The van der Waals surface area contributed by atoms with Crippen molar-refractivity contribution < 1.29 is 5.11 Å². The molecule has 1 fully saturated rings. The van der Waals surface area contributed by atoms with Gasteiger partial charge in [0.25, 0.3) is 0 Å². The van der Waals surface area contributed by atoms with Gasteiger partial charge in [-0.2, -0.15) is 0 Å². The molecule has 0 amide bonds. The van der Waals surface area contributed by atoms with Crippen LogP contribution < -0.4 is 5.32 Å². The normalized spacial score (nSPS) is 18.3. The zero-order valence-corrected chi connectivity index (χ0v) is 11.9. The third kappa shape index (κ3) is 4.31. The molecule has 1 aliphatic heterocycles. The van der Waals surface area contributed by atoms with Gasteiger partial charge in [-0.05, 0) is 45.3 Å². The second-order valence-corrected chi connectivity index (χ2v) is 6.30. The lowest BCUT2D eigenvalue weighted by molar-refractivity contribution is 0.146. The zero-order valence-electron chi connectivity index (χ0n) is 11.1. The van der Waals surface area contributed by atoms with Gasteiger partial charge < -0.3 is 15.3 Å². The highest BCUT2D eigenvalue weighted by Gasteiger charge is 2.18. The van der Waals surface area contributed by atoms with E-state index < -0.39 is 0 Å². The smallest absolute Gasteiger partial charge is 0.0897 e. The van der Waals surface area contributed by atoms with Gasteiger partial charge in [0.2, 0.25) is 0 Å². The Morgan fingerprint density at radius 2 is 2.28 bits per heavy atom. The molecular weight excluding hydrogens is 246 g/mol. The number of likely N-dealkylation sites (tertiary alicyclic amines) is 1. The van der Waals surface area contributed by atoms with E-state index in [0.717, 1.165) is 43.6 Å². The molecule has 1 aliphatic rings. The molecule has 0 aliphatic carbocycles. The summed E-state index contributed by atoms with van der Waals surface area (Å²) in [5.41, 5.74) is 0. The van der Waals surface area contributed by atoms with Crippen molar-refractivity contribution in [3.63, 3.8) is 0 Å². The quantitative estimate of drug-likeness (QED) is 0.816. The molecule has 102 valence electrons. The maximum Gasteiger partial charge on any atom is 0.0897 e. The van der Waals surface area contributed by atoms with Crippen LogP contribution in [0, 0.1) is 12.8 Å². The van der Waals surface area contributed by atoms with Crippen LogP contribution in [0.25, 0.3) is 0 Å². The van der Waals surface area contributed by atoms with Gasteiger partial charge in [-0.25, -0.2) is 4.98 Å². The van der Waals surface area contributed by atoms with E-state index >= 15 is 0 Å². The third-order valence-electron chi connectivity index (χ3n) is 3.52. The van der Waals surface area contributed by atoms with E-state index in [9.17, 15) is 0 Å². The number of aliphatic hydroxyl groups is 1. The highest BCUT2D eigenvalue weighted by molar-refractivity contribution is 7.11. The SMILES string of the molecule is Cc1ncc(CNCC2CCN(CCO)CC2)s1. The number of aliphatic hydroxyl groups excluding tert-OH is 1. The molecule has 4 nitrogen and oxygen atoms in total. The van der Waals surface area contributed by atoms with Crippen LogP contribution in [0.3, 0.4) is 0 Å². The maximum atomic E-state index is 8.90. The third-order valence-corrected chi connectivity index (χ3v) is 4.44. The van der Waals surface area contributed by atoms with E-state index in [1.54, 1.807) is 11.3 Å². The number of β-amino-alcohol motifs (C(OH)–C–C–N with tert-alkyl or cyclic N) is 1. The summed E-state index contributed by atoms with van der Waals surface area (Å²) >= 11 is 1.77. The van der Waals surface area contributed by atoms with Crippen molar-refractivity contribution in [3.05, 3.63) is 16.1 Å². The number of rotatable bonds is 6. The van der Waals surface area contributed by atoms with Crippen molar-refractivity contribution in [2.45, 2.75) is 26.3 Å². The summed E-state index contributed by atoms with van der Waals surface area (Å²) in [5.74, 6) is 0.786. The van der Waals surface area contributed by atoms with Crippen LogP contribution in [0.4, 0.5) is 0 Å². The van der Waals surface area contributed by atoms with Crippen LogP contribution >= 0.6 is 11.3 Å². The molecule has 18 heavy (non-hydrogen) atoms. The molecule has 1 aromatic heterocycles. The second-order valence-electron chi connectivity index (χ2n) is 4.99. The van der Waals surface area contributed by atoms with E-state index in [0.29, 0.717) is 0 Å². The molecule has 2 heterocycles. The Balaban J connectivity index is 1.60. The molecule has 0 radical (unpaired) electrons. The Morgan fingerprint density at radius 3 is 2.89 bits per heavy atom. The lowest BCUT2D eigenvalue weighted by atomic mass is 9.97. The van der Waals surface area contributed by atoms with E-state index in [1.807, 2.05) is 13.1 Å². The molecule has 1 saturated heterocycles. The summed E-state index contributed by atoms with van der Waals surface area (Å²) < 4.78 is 0. The van der Waals surface area contributed by atoms with Gasteiger partial charge in [-0.15, -0.1) is 11.3 Å². The molecule has 1 aromatic rings. The average Bonchev–Trinajstić information content (AvgIpc) is 2.78. The van der Waals surface area contributed by atoms with Crippen molar-refractivity contribution in [2.75, 3.05) is 32.8 Å². The lowest BCUT2D eigenvalue weighted by Crippen LogP contribution is -2.38. The van der Waals surface area contributed by atoms with E-state index in [1.165, 1.54) is 17.7 Å². The molecule has 0 saturated carbocycles. The molecule has 0 aromatic carbocycles. The van der Waals surface area contributed by atoms with Gasteiger partial charge in [0.1, 0.15) is 0 Å². The first-order valence-corrected chi connectivity index (χ1v) is 7.55. The number of hydrogen-bond donors (Lipinski definition) is 2. The first-order valence-electron chi connectivity index (χ1n) is 6.73. The maximum absolute atomic E-state index is 8.90. The Bertz CT molecular complexity index is 348. The van der Waals surface area contributed by atoms with E-state index in [4.69, 9.17) is 5.11 Å². The van der Waals surface area contributed by atoms with Crippen molar-refractivity contribution in [2.24, 2.45) is 5.92 Å². The fourth-order valence-corrected chi connectivity index (χ4v) is 3.21. The molecule has 0 spiro atoms. The number of aryl methyl sites for hydroxylation is 1. The van der Waals surface area contributed by atoms with Gasteiger partial charge in [0, 0.05) is 24.2 Å². The molecule has 0 unspecified atom stereocenters. The number of thiazole rings is 1. The van der Waals surface area contributed by atoms with Gasteiger partial charge in [0.05, 0.1) is 11.6 Å². The first kappa shape index (κ1) is 13.9. The minimum Gasteiger partial charge on any atom is -0.395 e. The van der Waals surface area contributed by atoms with E-state index in [2.05, 4.69) is 15.2 Å². The van der Waals surface area contributed by atoms with Gasteiger partial charge in [-0.1, -0.05) is 0 Å². The Labute approximate surface area is 113 Å². The van der Waals surface area contributed by atoms with Gasteiger partial charge in [0.15, 0.2) is 0 Å². The average molecular weight is 269 g/mol. The number of nitrogens with zero attached hydrogens (tertiary/aromatic N) is 2. The summed E-state index contributed by atoms with van der Waals surface area (Å²) in [6, 6.07) is 0. The van der Waals surface area contributed by atoms with Gasteiger partial charge in [-0.3, -0.25) is 0 Å². The molecule has 2 N–H and O–H groups in total. The highest BCUT2D eigenvalue weighted by atomic mass is 32.1. The fraction of sp³-hybridized carbons (Fsp3) is 0.769.